The van der Waals surface area contributed by atoms with Crippen molar-refractivity contribution in [1.82, 2.24) is 14.7 Å². The molecule has 24 heavy (non-hydrogen) atoms. The van der Waals surface area contributed by atoms with Crippen molar-refractivity contribution in [3.8, 4) is 0 Å². The number of nitrogens with one attached hydrogen (secondary N) is 1. The third-order valence-corrected chi connectivity index (χ3v) is 5.15. The van der Waals surface area contributed by atoms with Gasteiger partial charge in [0.1, 0.15) is 11.4 Å². The number of hydrogen-bond acceptors (Lipinski definition) is 4. The number of carbonyl (C=O) groups is 1. The molecule has 4 rings (SSSR count). The molecule has 1 aliphatic carbocycles. The summed E-state index contributed by atoms with van der Waals surface area (Å²) < 4.78 is 2.00. The predicted molar refractivity (Wildman–Crippen MR) is 93.4 cm³/mol. The maximum Gasteiger partial charge on any atom is 0.272 e. The lowest BCUT2D eigenvalue weighted by atomic mass is 9.99. The largest absolute Gasteiger partial charge is 0.384 e. The SMILES string of the molecule is CC(O)(CNC(=O)c1nc(C2CC2)n2ccccc12)c1ccsc1. The number of rotatable bonds is 5. The standard InChI is InChI=1S/C18H19N3O2S/c1-18(23,13-7-9-24-10-13)11-19-17(22)15-14-4-2-3-8-21(14)16(20-15)12-5-6-12/h2-4,7-10,12,23H,5-6,11H2,1H3,(H,19,22). The predicted octanol–water partition coefficient (Wildman–Crippen LogP) is 2.91. The second-order valence-corrected chi connectivity index (χ2v) is 7.30. The fourth-order valence-electron chi connectivity index (χ4n) is 2.87. The molecule has 0 aromatic carbocycles. The van der Waals surface area contributed by atoms with Gasteiger partial charge in [-0.2, -0.15) is 11.3 Å². The van der Waals surface area contributed by atoms with E-state index in [1.54, 1.807) is 6.92 Å². The number of amides is 1. The zero-order valence-corrected chi connectivity index (χ0v) is 14.2. The van der Waals surface area contributed by atoms with Crippen molar-refractivity contribution in [1.29, 1.82) is 0 Å². The number of thiophene rings is 1. The molecule has 124 valence electrons. The van der Waals surface area contributed by atoms with Crippen molar-refractivity contribution < 1.29 is 9.90 Å². The summed E-state index contributed by atoms with van der Waals surface area (Å²) in [5.74, 6) is 1.16. The van der Waals surface area contributed by atoms with Gasteiger partial charge in [-0.1, -0.05) is 6.07 Å². The van der Waals surface area contributed by atoms with Crippen molar-refractivity contribution in [3.63, 3.8) is 0 Å². The van der Waals surface area contributed by atoms with Crippen LogP contribution in [0.5, 0.6) is 0 Å². The Labute approximate surface area is 144 Å². The van der Waals surface area contributed by atoms with Gasteiger partial charge < -0.3 is 14.8 Å². The van der Waals surface area contributed by atoms with E-state index in [0.717, 1.165) is 29.7 Å². The Morgan fingerprint density at radius 2 is 2.29 bits per heavy atom. The van der Waals surface area contributed by atoms with Crippen LogP contribution in [-0.2, 0) is 5.60 Å². The van der Waals surface area contributed by atoms with E-state index >= 15 is 0 Å². The molecule has 3 heterocycles. The topological polar surface area (TPSA) is 66.6 Å². The minimum absolute atomic E-state index is 0.146. The van der Waals surface area contributed by atoms with Crippen LogP contribution in [-0.4, -0.2) is 26.9 Å². The average Bonchev–Trinajstić information content (AvgIpc) is 3.13. The van der Waals surface area contributed by atoms with Gasteiger partial charge in [-0.05, 0) is 54.3 Å². The summed E-state index contributed by atoms with van der Waals surface area (Å²) in [4.78, 5) is 17.2. The van der Waals surface area contributed by atoms with E-state index in [9.17, 15) is 9.90 Å². The lowest BCUT2D eigenvalue weighted by Gasteiger charge is -2.22. The monoisotopic (exact) mass is 341 g/mol. The first-order valence-electron chi connectivity index (χ1n) is 8.06. The Balaban J connectivity index is 1.58. The summed E-state index contributed by atoms with van der Waals surface area (Å²) in [6, 6.07) is 7.63. The van der Waals surface area contributed by atoms with Gasteiger partial charge in [-0.25, -0.2) is 4.98 Å². The molecule has 1 amide bonds. The number of carbonyl (C=O) groups excluding carboxylic acids is 1. The van der Waals surface area contributed by atoms with Gasteiger partial charge in [0.05, 0.1) is 12.1 Å². The molecule has 1 unspecified atom stereocenters. The van der Waals surface area contributed by atoms with Crippen molar-refractivity contribution in [3.05, 3.63) is 58.3 Å². The number of aliphatic hydroxyl groups is 1. The Hall–Kier alpha value is -2.18. The molecule has 0 spiro atoms. The fourth-order valence-corrected chi connectivity index (χ4v) is 3.65. The van der Waals surface area contributed by atoms with Crippen LogP contribution in [0.4, 0.5) is 0 Å². The first-order chi connectivity index (χ1) is 11.6. The van der Waals surface area contributed by atoms with E-state index in [1.165, 1.54) is 11.3 Å². The summed E-state index contributed by atoms with van der Waals surface area (Å²) in [6.45, 7) is 1.85. The summed E-state index contributed by atoms with van der Waals surface area (Å²) in [5, 5.41) is 17.2. The van der Waals surface area contributed by atoms with E-state index in [0.29, 0.717) is 11.6 Å². The normalized spacial score (nSPS) is 16.9. The molecule has 0 bridgehead atoms. The molecular formula is C18H19N3O2S. The third-order valence-electron chi connectivity index (χ3n) is 4.47. The molecule has 3 aromatic heterocycles. The maximum absolute atomic E-state index is 12.6. The number of imidazole rings is 1. The van der Waals surface area contributed by atoms with Gasteiger partial charge in [0.2, 0.25) is 0 Å². The van der Waals surface area contributed by atoms with Crippen LogP contribution in [0.15, 0.2) is 41.2 Å². The average molecular weight is 341 g/mol. The molecule has 2 N–H and O–H groups in total. The van der Waals surface area contributed by atoms with Crippen LogP contribution < -0.4 is 5.32 Å². The highest BCUT2D eigenvalue weighted by molar-refractivity contribution is 7.08. The minimum Gasteiger partial charge on any atom is -0.384 e. The van der Waals surface area contributed by atoms with Crippen LogP contribution in [0.1, 0.15) is 47.6 Å². The van der Waals surface area contributed by atoms with Crippen LogP contribution in [0.25, 0.3) is 5.52 Å². The van der Waals surface area contributed by atoms with Crippen LogP contribution in [0, 0.1) is 0 Å². The number of pyridine rings is 1. The number of aromatic nitrogens is 2. The maximum atomic E-state index is 12.6. The minimum atomic E-state index is -1.09. The zero-order chi connectivity index (χ0) is 16.7. The van der Waals surface area contributed by atoms with Crippen LogP contribution in [0.3, 0.4) is 0 Å². The molecule has 0 aliphatic heterocycles. The molecule has 5 nitrogen and oxygen atoms in total. The van der Waals surface area contributed by atoms with E-state index in [1.807, 2.05) is 45.6 Å². The van der Waals surface area contributed by atoms with Gasteiger partial charge in [-0.3, -0.25) is 4.79 Å². The molecule has 0 radical (unpaired) electrons. The molecule has 3 aromatic rings. The van der Waals surface area contributed by atoms with Gasteiger partial charge in [-0.15, -0.1) is 0 Å². The molecule has 1 aliphatic rings. The molecule has 0 saturated heterocycles. The Kier molecular flexibility index (Phi) is 3.66. The highest BCUT2D eigenvalue weighted by Crippen LogP contribution is 2.40. The zero-order valence-electron chi connectivity index (χ0n) is 13.4. The summed E-state index contributed by atoms with van der Waals surface area (Å²) in [5.41, 5.74) is 0.955. The number of fused-ring (bicyclic) bond motifs is 1. The lowest BCUT2D eigenvalue weighted by molar-refractivity contribution is 0.0529. The quantitative estimate of drug-likeness (QED) is 0.750. The smallest absolute Gasteiger partial charge is 0.272 e. The second kappa shape index (κ2) is 5.72. The van der Waals surface area contributed by atoms with Crippen molar-refractivity contribution in [2.24, 2.45) is 0 Å². The summed E-state index contributed by atoms with van der Waals surface area (Å²) in [6.07, 6.45) is 4.21. The molecule has 1 fully saturated rings. The van der Waals surface area contributed by atoms with Gasteiger partial charge in [0, 0.05) is 12.1 Å². The lowest BCUT2D eigenvalue weighted by Crippen LogP contribution is -2.38. The van der Waals surface area contributed by atoms with Crippen molar-refractivity contribution in [2.75, 3.05) is 6.54 Å². The van der Waals surface area contributed by atoms with E-state index < -0.39 is 5.60 Å². The molecule has 1 saturated carbocycles. The Morgan fingerprint density at radius 1 is 1.46 bits per heavy atom. The molecule has 1 atom stereocenters. The molecule has 6 heteroatoms. The van der Waals surface area contributed by atoms with Gasteiger partial charge >= 0.3 is 0 Å². The van der Waals surface area contributed by atoms with Crippen LogP contribution >= 0.6 is 11.3 Å². The highest BCUT2D eigenvalue weighted by atomic mass is 32.1. The summed E-state index contributed by atoms with van der Waals surface area (Å²) in [7, 11) is 0. The molecular weight excluding hydrogens is 322 g/mol. The first kappa shape index (κ1) is 15.4. The fraction of sp³-hybridized carbons (Fsp3) is 0.333. The number of hydrogen-bond donors (Lipinski definition) is 2. The van der Waals surface area contributed by atoms with E-state index in [-0.39, 0.29) is 12.5 Å². The van der Waals surface area contributed by atoms with E-state index in [4.69, 9.17) is 0 Å². The van der Waals surface area contributed by atoms with Crippen molar-refractivity contribution >= 4 is 22.8 Å². The van der Waals surface area contributed by atoms with Crippen LogP contribution in [0.2, 0.25) is 0 Å². The number of nitrogens with zero attached hydrogens (tertiary/aromatic N) is 2. The Bertz CT molecular complexity index is 879. The van der Waals surface area contributed by atoms with Gasteiger partial charge in [0.15, 0.2) is 5.69 Å². The third kappa shape index (κ3) is 2.72. The second-order valence-electron chi connectivity index (χ2n) is 6.52. The first-order valence-corrected chi connectivity index (χ1v) is 9.01. The summed E-state index contributed by atoms with van der Waals surface area (Å²) >= 11 is 1.52. The van der Waals surface area contributed by atoms with E-state index in [2.05, 4.69) is 10.3 Å². The highest BCUT2D eigenvalue weighted by Gasteiger charge is 2.31. The Morgan fingerprint density at radius 3 is 3.00 bits per heavy atom. The van der Waals surface area contributed by atoms with Gasteiger partial charge in [0.25, 0.3) is 5.91 Å². The van der Waals surface area contributed by atoms with Crippen molar-refractivity contribution in [2.45, 2.75) is 31.3 Å².